The van der Waals surface area contributed by atoms with Crippen LogP contribution in [0.1, 0.15) is 18.4 Å². The number of carbonyl (C=O) groups is 1. The van der Waals surface area contributed by atoms with E-state index in [9.17, 15) is 14.0 Å². The van der Waals surface area contributed by atoms with Gasteiger partial charge in [-0.1, -0.05) is 30.3 Å². The molecule has 2 aromatic carbocycles. The monoisotopic (exact) mass is 419 g/mol. The first-order valence-corrected chi connectivity index (χ1v) is 10.1. The minimum Gasteiger partial charge on any atom is -0.356 e. The molecule has 0 aliphatic heterocycles. The average Bonchev–Trinajstić information content (AvgIpc) is 3.22. The van der Waals surface area contributed by atoms with Crippen molar-refractivity contribution in [3.63, 3.8) is 0 Å². The summed E-state index contributed by atoms with van der Waals surface area (Å²) in [5, 5.41) is 7.44. The second-order valence-electron chi connectivity index (χ2n) is 7.20. The lowest BCUT2D eigenvalue weighted by Gasteiger charge is -2.08. The summed E-state index contributed by atoms with van der Waals surface area (Å²) in [4.78, 5) is 29.2. The Morgan fingerprint density at radius 1 is 1.06 bits per heavy atom. The molecule has 0 fully saturated rings. The summed E-state index contributed by atoms with van der Waals surface area (Å²) in [6.45, 7) is 0.818. The van der Waals surface area contributed by atoms with Gasteiger partial charge in [0.05, 0.1) is 18.2 Å². The molecular formula is C23H22FN5O2. The van der Waals surface area contributed by atoms with Gasteiger partial charge in [-0.15, -0.1) is 0 Å². The van der Waals surface area contributed by atoms with Gasteiger partial charge in [-0.25, -0.2) is 14.1 Å². The van der Waals surface area contributed by atoms with Gasteiger partial charge in [-0.2, -0.15) is 5.10 Å². The van der Waals surface area contributed by atoms with Gasteiger partial charge in [0.2, 0.25) is 5.91 Å². The summed E-state index contributed by atoms with van der Waals surface area (Å²) in [5.41, 5.74) is 1.97. The lowest BCUT2D eigenvalue weighted by atomic mass is 10.1. The third-order valence-corrected chi connectivity index (χ3v) is 5.01. The van der Waals surface area contributed by atoms with Crippen molar-refractivity contribution in [2.24, 2.45) is 0 Å². The minimum atomic E-state index is -0.353. The van der Waals surface area contributed by atoms with Crippen molar-refractivity contribution in [2.75, 3.05) is 6.54 Å². The standard InChI is InChI=1S/C23H22FN5O2/c24-18-8-10-19(11-9-18)29-22-20(15-27-29)23(31)28(16-26-22)14-12-21(30)25-13-4-7-17-5-2-1-3-6-17/h1-3,5-6,8-11,15-16H,4,7,12-14H2,(H,25,30). The molecule has 0 bridgehead atoms. The Kier molecular flexibility index (Phi) is 6.16. The number of nitrogens with zero attached hydrogens (tertiary/aromatic N) is 4. The number of hydrogen-bond donors (Lipinski definition) is 1. The number of nitrogens with one attached hydrogen (secondary N) is 1. The number of fused-ring (bicyclic) bond motifs is 1. The van der Waals surface area contributed by atoms with Crippen molar-refractivity contribution in [1.82, 2.24) is 24.6 Å². The molecule has 0 atom stereocenters. The fourth-order valence-corrected chi connectivity index (χ4v) is 3.35. The van der Waals surface area contributed by atoms with Gasteiger partial charge in [0.1, 0.15) is 11.2 Å². The number of halogens is 1. The Balaban J connectivity index is 1.34. The number of aromatic nitrogens is 4. The van der Waals surface area contributed by atoms with Crippen LogP contribution in [0.25, 0.3) is 16.7 Å². The molecule has 0 spiro atoms. The normalized spacial score (nSPS) is 11.0. The molecule has 2 heterocycles. The molecule has 1 N–H and O–H groups in total. The molecule has 0 aliphatic rings. The molecular weight excluding hydrogens is 397 g/mol. The Hall–Kier alpha value is -3.81. The van der Waals surface area contributed by atoms with E-state index < -0.39 is 0 Å². The van der Waals surface area contributed by atoms with E-state index in [1.54, 1.807) is 12.1 Å². The number of benzene rings is 2. The Morgan fingerprint density at radius 2 is 1.84 bits per heavy atom. The first-order valence-electron chi connectivity index (χ1n) is 10.1. The van der Waals surface area contributed by atoms with Crippen molar-refractivity contribution >= 4 is 16.9 Å². The average molecular weight is 419 g/mol. The van der Waals surface area contributed by atoms with Gasteiger partial charge < -0.3 is 5.32 Å². The van der Waals surface area contributed by atoms with Crippen molar-refractivity contribution in [3.8, 4) is 5.69 Å². The van der Waals surface area contributed by atoms with Crippen molar-refractivity contribution < 1.29 is 9.18 Å². The van der Waals surface area contributed by atoms with Crippen molar-refractivity contribution in [2.45, 2.75) is 25.8 Å². The maximum absolute atomic E-state index is 13.2. The maximum Gasteiger partial charge on any atom is 0.264 e. The number of rotatable bonds is 8. The smallest absolute Gasteiger partial charge is 0.264 e. The van der Waals surface area contributed by atoms with E-state index in [2.05, 4.69) is 27.5 Å². The van der Waals surface area contributed by atoms with Gasteiger partial charge in [-0.05, 0) is 42.7 Å². The van der Waals surface area contributed by atoms with E-state index in [0.717, 1.165) is 12.8 Å². The van der Waals surface area contributed by atoms with Gasteiger partial charge in [0, 0.05) is 19.5 Å². The van der Waals surface area contributed by atoms with Crippen LogP contribution in [0.3, 0.4) is 0 Å². The highest BCUT2D eigenvalue weighted by Gasteiger charge is 2.12. The first-order chi connectivity index (χ1) is 15.1. The zero-order valence-corrected chi connectivity index (χ0v) is 16.9. The van der Waals surface area contributed by atoms with Crippen LogP contribution >= 0.6 is 0 Å². The SMILES string of the molecule is O=C(CCn1cnc2c(cnn2-c2ccc(F)cc2)c1=O)NCCCc1ccccc1. The first kappa shape index (κ1) is 20.5. The molecule has 7 nitrogen and oxygen atoms in total. The summed E-state index contributed by atoms with van der Waals surface area (Å²) in [6, 6.07) is 15.9. The summed E-state index contributed by atoms with van der Waals surface area (Å²) >= 11 is 0. The maximum atomic E-state index is 13.2. The predicted octanol–water partition coefficient (Wildman–Crippen LogP) is 2.86. The highest BCUT2D eigenvalue weighted by atomic mass is 19.1. The van der Waals surface area contributed by atoms with Crippen LogP contribution in [-0.4, -0.2) is 31.8 Å². The molecule has 0 unspecified atom stereocenters. The van der Waals surface area contributed by atoms with Crippen LogP contribution in [-0.2, 0) is 17.8 Å². The van der Waals surface area contributed by atoms with Gasteiger partial charge >= 0.3 is 0 Å². The molecule has 2 aromatic heterocycles. The molecule has 0 radical (unpaired) electrons. The van der Waals surface area contributed by atoms with Crippen molar-refractivity contribution in [1.29, 1.82) is 0 Å². The van der Waals surface area contributed by atoms with Crippen LogP contribution in [0.5, 0.6) is 0 Å². The zero-order valence-electron chi connectivity index (χ0n) is 16.9. The molecule has 0 saturated carbocycles. The zero-order chi connectivity index (χ0) is 21.6. The third kappa shape index (κ3) is 4.85. The largest absolute Gasteiger partial charge is 0.356 e. The lowest BCUT2D eigenvalue weighted by molar-refractivity contribution is -0.121. The second kappa shape index (κ2) is 9.34. The van der Waals surface area contributed by atoms with Gasteiger partial charge in [0.15, 0.2) is 5.65 Å². The van der Waals surface area contributed by atoms with Crippen LogP contribution in [0.15, 0.2) is 71.9 Å². The number of hydrogen-bond acceptors (Lipinski definition) is 4. The summed E-state index contributed by atoms with van der Waals surface area (Å²) in [7, 11) is 0. The van der Waals surface area contributed by atoms with Crippen LogP contribution in [0, 0.1) is 5.82 Å². The molecule has 4 aromatic rings. The molecule has 1 amide bonds. The third-order valence-electron chi connectivity index (χ3n) is 5.01. The Labute approximate surface area is 178 Å². The fraction of sp³-hybridized carbons (Fsp3) is 0.217. The Morgan fingerprint density at radius 3 is 2.61 bits per heavy atom. The lowest BCUT2D eigenvalue weighted by Crippen LogP contribution is -2.28. The van der Waals surface area contributed by atoms with Crippen molar-refractivity contribution in [3.05, 3.63) is 88.9 Å². The summed E-state index contributed by atoms with van der Waals surface area (Å²) < 4.78 is 16.0. The van der Waals surface area contributed by atoms with E-state index in [4.69, 9.17) is 0 Å². The van der Waals surface area contributed by atoms with Crippen LogP contribution in [0.4, 0.5) is 4.39 Å². The van der Waals surface area contributed by atoms with Gasteiger partial charge in [0.25, 0.3) is 5.56 Å². The molecule has 0 aliphatic carbocycles. The summed E-state index contributed by atoms with van der Waals surface area (Å²) in [6.07, 6.45) is 4.79. The number of carbonyl (C=O) groups excluding carboxylic acids is 1. The van der Waals surface area contributed by atoms with Crippen LogP contribution < -0.4 is 10.9 Å². The minimum absolute atomic E-state index is 0.109. The fourth-order valence-electron chi connectivity index (χ4n) is 3.35. The number of aryl methyl sites for hydroxylation is 2. The number of amides is 1. The highest BCUT2D eigenvalue weighted by Crippen LogP contribution is 2.14. The summed E-state index contributed by atoms with van der Waals surface area (Å²) in [5.74, 6) is -0.462. The Bertz CT molecular complexity index is 1230. The van der Waals surface area contributed by atoms with E-state index in [1.807, 2.05) is 18.2 Å². The van der Waals surface area contributed by atoms with E-state index in [1.165, 1.54) is 39.5 Å². The van der Waals surface area contributed by atoms with Crippen LogP contribution in [0.2, 0.25) is 0 Å². The quantitative estimate of drug-likeness (QED) is 0.445. The van der Waals surface area contributed by atoms with E-state index in [0.29, 0.717) is 23.3 Å². The second-order valence-corrected chi connectivity index (χ2v) is 7.20. The van der Waals surface area contributed by atoms with E-state index in [-0.39, 0.29) is 30.2 Å². The molecule has 4 rings (SSSR count). The highest BCUT2D eigenvalue weighted by molar-refractivity contribution is 5.76. The molecule has 158 valence electrons. The predicted molar refractivity (Wildman–Crippen MR) is 115 cm³/mol. The van der Waals surface area contributed by atoms with Gasteiger partial charge in [-0.3, -0.25) is 14.2 Å². The molecule has 31 heavy (non-hydrogen) atoms. The topological polar surface area (TPSA) is 81.8 Å². The molecule has 8 heteroatoms. The molecule has 0 saturated heterocycles. The van der Waals surface area contributed by atoms with E-state index >= 15 is 0 Å².